The van der Waals surface area contributed by atoms with Crippen LogP contribution in [0.1, 0.15) is 39.0 Å². The monoisotopic (exact) mass is 194 g/mol. The van der Waals surface area contributed by atoms with Crippen molar-refractivity contribution in [1.29, 1.82) is 0 Å². The summed E-state index contributed by atoms with van der Waals surface area (Å²) in [5.41, 5.74) is 0. The van der Waals surface area contributed by atoms with Crippen molar-refractivity contribution in [3.8, 4) is 0 Å². The standard InChI is InChI=1S/C8H15FO2S/c1-2-7-5-3-4-6-8(7)12(9,10)11/h7-8H,2-6H2,1H3. The second-order valence-corrected chi connectivity index (χ2v) is 5.02. The van der Waals surface area contributed by atoms with Crippen molar-refractivity contribution in [2.24, 2.45) is 5.92 Å². The van der Waals surface area contributed by atoms with Crippen molar-refractivity contribution in [2.45, 2.75) is 44.3 Å². The van der Waals surface area contributed by atoms with E-state index < -0.39 is 15.5 Å². The highest BCUT2D eigenvalue weighted by atomic mass is 32.3. The predicted octanol–water partition coefficient (Wildman–Crippen LogP) is 2.25. The van der Waals surface area contributed by atoms with E-state index >= 15 is 0 Å². The Kier molecular flexibility index (Phi) is 3.09. The van der Waals surface area contributed by atoms with Gasteiger partial charge in [0.1, 0.15) is 0 Å². The fraction of sp³-hybridized carbons (Fsp3) is 1.00. The van der Waals surface area contributed by atoms with Gasteiger partial charge in [0.25, 0.3) is 0 Å². The minimum Gasteiger partial charge on any atom is -0.195 e. The minimum atomic E-state index is -4.29. The van der Waals surface area contributed by atoms with Gasteiger partial charge >= 0.3 is 10.2 Å². The van der Waals surface area contributed by atoms with Crippen LogP contribution >= 0.6 is 0 Å². The van der Waals surface area contributed by atoms with Crippen molar-refractivity contribution < 1.29 is 12.3 Å². The van der Waals surface area contributed by atoms with Gasteiger partial charge in [-0.15, -0.1) is 3.89 Å². The molecule has 1 aliphatic rings. The lowest BCUT2D eigenvalue weighted by Gasteiger charge is -2.27. The van der Waals surface area contributed by atoms with Crippen LogP contribution in [0.5, 0.6) is 0 Å². The summed E-state index contributed by atoms with van der Waals surface area (Å²) < 4.78 is 34.1. The minimum absolute atomic E-state index is 0.0498. The quantitative estimate of drug-likeness (QED) is 0.632. The molecular formula is C8H15FO2S. The van der Waals surface area contributed by atoms with Gasteiger partial charge in [-0.1, -0.05) is 26.2 Å². The number of rotatable bonds is 2. The molecule has 4 heteroatoms. The second kappa shape index (κ2) is 3.73. The van der Waals surface area contributed by atoms with Gasteiger partial charge in [0.05, 0.1) is 5.25 Å². The summed E-state index contributed by atoms with van der Waals surface area (Å²) in [5, 5.41) is -0.712. The zero-order chi connectivity index (χ0) is 9.19. The highest BCUT2D eigenvalue weighted by Crippen LogP contribution is 2.32. The largest absolute Gasteiger partial charge is 0.305 e. The molecule has 12 heavy (non-hydrogen) atoms. The first-order valence-corrected chi connectivity index (χ1v) is 5.94. The Morgan fingerprint density at radius 3 is 2.33 bits per heavy atom. The van der Waals surface area contributed by atoms with Crippen LogP contribution in [0.25, 0.3) is 0 Å². The van der Waals surface area contributed by atoms with E-state index in [1.54, 1.807) is 0 Å². The molecule has 2 nitrogen and oxygen atoms in total. The first-order chi connectivity index (χ1) is 5.55. The van der Waals surface area contributed by atoms with Crippen LogP contribution in [0.2, 0.25) is 0 Å². The Balaban J connectivity index is 2.72. The zero-order valence-corrected chi connectivity index (χ0v) is 8.11. The molecule has 0 aromatic carbocycles. The molecule has 2 atom stereocenters. The van der Waals surface area contributed by atoms with E-state index in [1.165, 1.54) is 0 Å². The smallest absolute Gasteiger partial charge is 0.195 e. The van der Waals surface area contributed by atoms with Crippen molar-refractivity contribution in [1.82, 2.24) is 0 Å². The summed E-state index contributed by atoms with van der Waals surface area (Å²) in [7, 11) is -4.29. The van der Waals surface area contributed by atoms with E-state index in [2.05, 4.69) is 0 Å². The zero-order valence-electron chi connectivity index (χ0n) is 7.29. The Morgan fingerprint density at radius 1 is 1.33 bits per heavy atom. The molecule has 1 rings (SSSR count). The third-order valence-corrected chi connectivity index (χ3v) is 4.07. The summed E-state index contributed by atoms with van der Waals surface area (Å²) in [6.07, 6.45) is 4.05. The average molecular weight is 194 g/mol. The lowest BCUT2D eigenvalue weighted by Crippen LogP contribution is -2.29. The van der Waals surface area contributed by atoms with Crippen LogP contribution in [0, 0.1) is 5.92 Å². The number of hydrogen-bond donors (Lipinski definition) is 0. The lowest BCUT2D eigenvalue weighted by molar-refractivity contribution is 0.340. The Bertz CT molecular complexity index is 235. The lowest BCUT2D eigenvalue weighted by atomic mass is 9.87. The van der Waals surface area contributed by atoms with Gasteiger partial charge in [-0.05, 0) is 18.8 Å². The molecule has 2 unspecified atom stereocenters. The molecule has 1 saturated carbocycles. The number of halogens is 1. The molecule has 0 heterocycles. The molecule has 0 aliphatic heterocycles. The molecule has 0 saturated heterocycles. The molecule has 0 aromatic rings. The van der Waals surface area contributed by atoms with E-state index in [9.17, 15) is 12.3 Å². The summed E-state index contributed by atoms with van der Waals surface area (Å²) in [5.74, 6) is 0.0498. The molecule has 0 bridgehead atoms. The molecular weight excluding hydrogens is 179 g/mol. The van der Waals surface area contributed by atoms with Crippen LogP contribution in [-0.2, 0) is 10.2 Å². The maximum atomic E-state index is 12.7. The van der Waals surface area contributed by atoms with Gasteiger partial charge in [0.15, 0.2) is 0 Å². The highest BCUT2D eigenvalue weighted by molar-refractivity contribution is 7.87. The molecule has 0 amide bonds. The van der Waals surface area contributed by atoms with Gasteiger partial charge in [-0.25, -0.2) is 0 Å². The third kappa shape index (κ3) is 2.19. The van der Waals surface area contributed by atoms with Gasteiger partial charge in [-0.3, -0.25) is 0 Å². The SMILES string of the molecule is CCC1CCCCC1S(=O)(=O)F. The summed E-state index contributed by atoms with van der Waals surface area (Å²) in [4.78, 5) is 0. The summed E-state index contributed by atoms with van der Waals surface area (Å²) in [6.45, 7) is 1.92. The van der Waals surface area contributed by atoms with Gasteiger partial charge in [0, 0.05) is 0 Å². The molecule has 0 spiro atoms. The fourth-order valence-corrected chi connectivity index (χ4v) is 3.25. The van der Waals surface area contributed by atoms with Crippen LogP contribution in [0.3, 0.4) is 0 Å². The van der Waals surface area contributed by atoms with Gasteiger partial charge in [0.2, 0.25) is 0 Å². The van der Waals surface area contributed by atoms with E-state index in [1.807, 2.05) is 6.92 Å². The van der Waals surface area contributed by atoms with Crippen LogP contribution < -0.4 is 0 Å². The highest BCUT2D eigenvalue weighted by Gasteiger charge is 2.34. The van der Waals surface area contributed by atoms with Crippen LogP contribution in [0.15, 0.2) is 0 Å². The number of hydrogen-bond acceptors (Lipinski definition) is 2. The van der Waals surface area contributed by atoms with Crippen molar-refractivity contribution in [3.05, 3.63) is 0 Å². The topological polar surface area (TPSA) is 34.1 Å². The van der Waals surface area contributed by atoms with Crippen LogP contribution in [0.4, 0.5) is 3.89 Å². The van der Waals surface area contributed by atoms with Crippen molar-refractivity contribution in [2.75, 3.05) is 0 Å². The Labute approximate surface area is 73.4 Å². The molecule has 0 aromatic heterocycles. The van der Waals surface area contributed by atoms with Crippen molar-refractivity contribution in [3.63, 3.8) is 0 Å². The Hall–Kier alpha value is -0.120. The third-order valence-electron chi connectivity index (χ3n) is 2.73. The maximum Gasteiger partial charge on any atom is 0.305 e. The van der Waals surface area contributed by atoms with E-state index in [0.717, 1.165) is 25.7 Å². The van der Waals surface area contributed by atoms with Crippen molar-refractivity contribution >= 4 is 10.2 Å². The summed E-state index contributed by atoms with van der Waals surface area (Å²) >= 11 is 0. The van der Waals surface area contributed by atoms with E-state index in [0.29, 0.717) is 6.42 Å². The van der Waals surface area contributed by atoms with Gasteiger partial charge in [-0.2, -0.15) is 8.42 Å². The maximum absolute atomic E-state index is 12.7. The molecule has 1 aliphatic carbocycles. The summed E-state index contributed by atoms with van der Waals surface area (Å²) in [6, 6.07) is 0. The van der Waals surface area contributed by atoms with E-state index in [4.69, 9.17) is 0 Å². The molecule has 72 valence electrons. The fourth-order valence-electron chi connectivity index (χ4n) is 2.01. The average Bonchev–Trinajstić information content (AvgIpc) is 2.03. The second-order valence-electron chi connectivity index (χ2n) is 3.47. The van der Waals surface area contributed by atoms with Gasteiger partial charge < -0.3 is 0 Å². The first-order valence-electron chi connectivity index (χ1n) is 4.49. The predicted molar refractivity (Wildman–Crippen MR) is 46.1 cm³/mol. The normalized spacial score (nSPS) is 31.8. The van der Waals surface area contributed by atoms with Crippen LogP contribution in [-0.4, -0.2) is 13.7 Å². The molecule has 0 radical (unpaired) electrons. The molecule has 1 fully saturated rings. The van der Waals surface area contributed by atoms with E-state index in [-0.39, 0.29) is 5.92 Å². The Morgan fingerprint density at radius 2 is 1.92 bits per heavy atom. The molecule has 0 N–H and O–H groups in total. The first kappa shape index (κ1) is 9.96.